The van der Waals surface area contributed by atoms with Crippen molar-refractivity contribution < 1.29 is 0 Å². The van der Waals surface area contributed by atoms with E-state index in [0.717, 1.165) is 29.2 Å². The monoisotopic (exact) mass is 321 g/mol. The molecule has 0 aliphatic heterocycles. The third kappa shape index (κ3) is 3.02. The Balaban J connectivity index is 2.01. The van der Waals surface area contributed by atoms with Gasteiger partial charge in [0.15, 0.2) is 5.82 Å². The maximum atomic E-state index is 4.33. The summed E-state index contributed by atoms with van der Waals surface area (Å²) in [6, 6.07) is 16.5. The highest BCUT2D eigenvalue weighted by Gasteiger charge is 2.31. The zero-order chi connectivity index (χ0) is 17.2. The molecule has 1 unspecified atom stereocenters. The van der Waals surface area contributed by atoms with Gasteiger partial charge >= 0.3 is 0 Å². The third-order valence-electron chi connectivity index (χ3n) is 4.49. The van der Waals surface area contributed by atoms with Gasteiger partial charge in [0.05, 0.1) is 11.2 Å². The Labute approximate surface area is 142 Å². The van der Waals surface area contributed by atoms with Crippen LogP contribution in [0.2, 0.25) is 0 Å². The minimum atomic E-state index is -0.374. The summed E-state index contributed by atoms with van der Waals surface area (Å²) in [5.74, 6) is 0.805. The van der Waals surface area contributed by atoms with Crippen LogP contribution in [0.5, 0.6) is 0 Å². The molecule has 3 aromatic rings. The molecule has 1 aromatic heterocycles. The molecule has 0 amide bonds. The van der Waals surface area contributed by atoms with Crippen LogP contribution in [0.1, 0.15) is 37.2 Å². The van der Waals surface area contributed by atoms with Gasteiger partial charge in [0, 0.05) is 5.69 Å². The lowest BCUT2D eigenvalue weighted by atomic mass is 9.96. The van der Waals surface area contributed by atoms with Crippen molar-refractivity contribution in [2.75, 3.05) is 5.32 Å². The molecule has 5 nitrogen and oxygen atoms in total. The topological polar surface area (TPSA) is 55.6 Å². The van der Waals surface area contributed by atoms with Crippen molar-refractivity contribution in [3.63, 3.8) is 0 Å². The Morgan fingerprint density at radius 3 is 2.42 bits per heavy atom. The zero-order valence-corrected chi connectivity index (χ0v) is 14.6. The fourth-order valence-corrected chi connectivity index (χ4v) is 2.75. The van der Waals surface area contributed by atoms with E-state index < -0.39 is 0 Å². The van der Waals surface area contributed by atoms with Crippen molar-refractivity contribution in [1.82, 2.24) is 20.2 Å². The van der Waals surface area contributed by atoms with E-state index in [9.17, 15) is 0 Å². The molecule has 0 aliphatic carbocycles. The van der Waals surface area contributed by atoms with Crippen molar-refractivity contribution in [1.29, 1.82) is 0 Å². The fraction of sp³-hybridized carbons (Fsp3) is 0.316. The molecule has 0 fully saturated rings. The van der Waals surface area contributed by atoms with Crippen LogP contribution >= 0.6 is 0 Å². The number of rotatable bonds is 5. The summed E-state index contributed by atoms with van der Waals surface area (Å²) in [5, 5.41) is 16.1. The molecule has 0 spiro atoms. The SMILES string of the molecule is CCC(C)(Nc1ccc(C)cc1)c1nnnn1-c1ccccc1C. The summed E-state index contributed by atoms with van der Waals surface area (Å²) in [7, 11) is 0. The molecule has 1 atom stereocenters. The third-order valence-corrected chi connectivity index (χ3v) is 4.49. The first kappa shape index (κ1) is 16.2. The van der Waals surface area contributed by atoms with Crippen LogP contribution in [0, 0.1) is 13.8 Å². The Bertz CT molecular complexity index is 822. The van der Waals surface area contributed by atoms with E-state index in [-0.39, 0.29) is 5.54 Å². The molecule has 1 N–H and O–H groups in total. The van der Waals surface area contributed by atoms with Crippen LogP contribution in [0.15, 0.2) is 48.5 Å². The van der Waals surface area contributed by atoms with Gasteiger partial charge < -0.3 is 5.32 Å². The summed E-state index contributed by atoms with van der Waals surface area (Å²) in [6.45, 7) is 8.42. The van der Waals surface area contributed by atoms with Crippen LogP contribution in [0.3, 0.4) is 0 Å². The number of aromatic nitrogens is 4. The molecule has 124 valence electrons. The average Bonchev–Trinajstić information content (AvgIpc) is 3.07. The summed E-state index contributed by atoms with van der Waals surface area (Å²) >= 11 is 0. The smallest absolute Gasteiger partial charge is 0.181 e. The quantitative estimate of drug-likeness (QED) is 0.771. The summed E-state index contributed by atoms with van der Waals surface area (Å²) in [5.41, 5.74) is 4.07. The minimum Gasteiger partial charge on any atom is -0.373 e. The fourth-order valence-electron chi connectivity index (χ4n) is 2.75. The zero-order valence-electron chi connectivity index (χ0n) is 14.6. The highest BCUT2D eigenvalue weighted by atomic mass is 15.6. The van der Waals surface area contributed by atoms with Crippen LogP contribution in [-0.2, 0) is 5.54 Å². The van der Waals surface area contributed by atoms with Gasteiger partial charge in [0.25, 0.3) is 0 Å². The Morgan fingerprint density at radius 2 is 1.75 bits per heavy atom. The first-order valence-electron chi connectivity index (χ1n) is 8.23. The molecular weight excluding hydrogens is 298 g/mol. The van der Waals surface area contributed by atoms with E-state index in [0.29, 0.717) is 0 Å². The Hall–Kier alpha value is -2.69. The van der Waals surface area contributed by atoms with Crippen molar-refractivity contribution in [3.8, 4) is 5.69 Å². The second-order valence-electron chi connectivity index (χ2n) is 6.38. The van der Waals surface area contributed by atoms with Gasteiger partial charge in [-0.3, -0.25) is 0 Å². The lowest BCUT2D eigenvalue weighted by Gasteiger charge is -2.29. The van der Waals surface area contributed by atoms with Crippen LogP contribution in [0.25, 0.3) is 5.69 Å². The van der Waals surface area contributed by atoms with E-state index >= 15 is 0 Å². The summed E-state index contributed by atoms with van der Waals surface area (Å²) in [4.78, 5) is 0. The maximum absolute atomic E-state index is 4.33. The predicted molar refractivity (Wildman–Crippen MR) is 96.3 cm³/mol. The van der Waals surface area contributed by atoms with Gasteiger partial charge in [0.2, 0.25) is 0 Å². The van der Waals surface area contributed by atoms with Gasteiger partial charge in [-0.2, -0.15) is 4.68 Å². The predicted octanol–water partition coefficient (Wildman–Crippen LogP) is 4.02. The molecule has 0 radical (unpaired) electrons. The first-order valence-corrected chi connectivity index (χ1v) is 8.23. The van der Waals surface area contributed by atoms with Gasteiger partial charge in [-0.1, -0.05) is 42.8 Å². The Kier molecular flexibility index (Phi) is 4.34. The molecule has 0 bridgehead atoms. The van der Waals surface area contributed by atoms with Crippen molar-refractivity contribution in [2.45, 2.75) is 39.7 Å². The summed E-state index contributed by atoms with van der Waals surface area (Å²) in [6.07, 6.45) is 0.854. The molecule has 0 aliphatic rings. The lowest BCUT2D eigenvalue weighted by molar-refractivity contribution is 0.474. The number of para-hydroxylation sites is 1. The van der Waals surface area contributed by atoms with Gasteiger partial charge in [-0.05, 0) is 61.4 Å². The van der Waals surface area contributed by atoms with E-state index in [1.807, 2.05) is 22.9 Å². The van der Waals surface area contributed by atoms with E-state index in [2.05, 4.69) is 78.9 Å². The molecular formula is C19H23N5. The number of anilines is 1. The number of hydrogen-bond acceptors (Lipinski definition) is 4. The van der Waals surface area contributed by atoms with E-state index in [4.69, 9.17) is 0 Å². The minimum absolute atomic E-state index is 0.374. The van der Waals surface area contributed by atoms with Crippen LogP contribution in [0.4, 0.5) is 5.69 Å². The first-order chi connectivity index (χ1) is 11.5. The van der Waals surface area contributed by atoms with Gasteiger partial charge in [0.1, 0.15) is 0 Å². The van der Waals surface area contributed by atoms with Gasteiger partial charge in [-0.25, -0.2) is 0 Å². The second-order valence-corrected chi connectivity index (χ2v) is 6.38. The largest absolute Gasteiger partial charge is 0.373 e. The second kappa shape index (κ2) is 6.43. The van der Waals surface area contributed by atoms with E-state index in [1.165, 1.54) is 5.56 Å². The standard InChI is InChI=1S/C19H23N5/c1-5-19(4,20-16-12-10-14(2)11-13-16)18-21-22-23-24(18)17-9-7-6-8-15(17)3/h6-13,20H,5H2,1-4H3. The number of tetrazole rings is 1. The number of nitrogens with one attached hydrogen (secondary N) is 1. The molecule has 2 aromatic carbocycles. The normalized spacial score (nSPS) is 13.5. The maximum Gasteiger partial charge on any atom is 0.181 e. The number of aryl methyl sites for hydroxylation is 2. The molecule has 5 heteroatoms. The Morgan fingerprint density at radius 1 is 1.04 bits per heavy atom. The van der Waals surface area contributed by atoms with Crippen molar-refractivity contribution in [3.05, 3.63) is 65.5 Å². The molecule has 0 saturated heterocycles. The lowest BCUT2D eigenvalue weighted by Crippen LogP contribution is -2.34. The molecule has 0 saturated carbocycles. The number of nitrogens with zero attached hydrogens (tertiary/aromatic N) is 4. The highest BCUT2D eigenvalue weighted by Crippen LogP contribution is 2.29. The number of hydrogen-bond donors (Lipinski definition) is 1. The summed E-state index contributed by atoms with van der Waals surface area (Å²) < 4.78 is 1.83. The number of benzene rings is 2. The molecule has 24 heavy (non-hydrogen) atoms. The van der Waals surface area contributed by atoms with E-state index in [1.54, 1.807) is 0 Å². The highest BCUT2D eigenvalue weighted by molar-refractivity contribution is 5.48. The van der Waals surface area contributed by atoms with Crippen molar-refractivity contribution >= 4 is 5.69 Å². The van der Waals surface area contributed by atoms with Crippen LogP contribution < -0.4 is 5.32 Å². The van der Waals surface area contributed by atoms with Gasteiger partial charge in [-0.15, -0.1) is 5.10 Å². The molecule has 1 heterocycles. The van der Waals surface area contributed by atoms with Crippen molar-refractivity contribution in [2.24, 2.45) is 0 Å². The average molecular weight is 321 g/mol. The van der Waals surface area contributed by atoms with Crippen LogP contribution in [-0.4, -0.2) is 20.2 Å². The molecule has 3 rings (SSSR count).